The number of carbonyl (C=O) groups is 1. The minimum atomic E-state index is -3.43. The summed E-state index contributed by atoms with van der Waals surface area (Å²) >= 11 is 0. The second-order valence-electron chi connectivity index (χ2n) is 7.08. The lowest BCUT2D eigenvalue weighted by Gasteiger charge is -2.13. The van der Waals surface area contributed by atoms with Gasteiger partial charge in [0.25, 0.3) is 5.91 Å². The third-order valence-electron chi connectivity index (χ3n) is 4.59. The van der Waals surface area contributed by atoms with E-state index >= 15 is 0 Å². The Bertz CT molecular complexity index is 1010. The highest BCUT2D eigenvalue weighted by Gasteiger charge is 2.16. The van der Waals surface area contributed by atoms with Crippen LogP contribution in [-0.4, -0.2) is 58.8 Å². The molecular formula is C22H32IN5O3S. The van der Waals surface area contributed by atoms with Crippen LogP contribution < -0.4 is 16.0 Å². The molecule has 176 valence electrons. The number of hydrogen-bond donors (Lipinski definition) is 3. The number of halogens is 1. The summed E-state index contributed by atoms with van der Waals surface area (Å²) in [6.45, 7) is 3.79. The summed E-state index contributed by atoms with van der Waals surface area (Å²) in [5, 5.41) is 9.12. The van der Waals surface area contributed by atoms with Crippen molar-refractivity contribution in [2.24, 2.45) is 4.99 Å². The molecule has 0 radical (unpaired) electrons. The largest absolute Gasteiger partial charge is 0.357 e. The molecule has 2 aromatic carbocycles. The Morgan fingerprint density at radius 3 is 2.31 bits per heavy atom. The highest BCUT2D eigenvalue weighted by molar-refractivity contribution is 14.0. The van der Waals surface area contributed by atoms with Crippen LogP contribution in [0.15, 0.2) is 58.4 Å². The van der Waals surface area contributed by atoms with Crippen LogP contribution >= 0.6 is 24.0 Å². The zero-order valence-corrected chi connectivity index (χ0v) is 22.0. The summed E-state index contributed by atoms with van der Waals surface area (Å²) in [7, 11) is 1.20. The maximum Gasteiger partial charge on any atom is 0.251 e. The van der Waals surface area contributed by atoms with Gasteiger partial charge in [0.1, 0.15) is 0 Å². The van der Waals surface area contributed by atoms with E-state index in [0.717, 1.165) is 24.1 Å². The lowest BCUT2D eigenvalue weighted by molar-refractivity contribution is 0.0963. The Labute approximate surface area is 208 Å². The first-order valence-electron chi connectivity index (χ1n) is 10.1. The molecule has 0 atom stereocenters. The van der Waals surface area contributed by atoms with Gasteiger partial charge in [0, 0.05) is 39.8 Å². The van der Waals surface area contributed by atoms with E-state index in [1.165, 1.54) is 18.4 Å². The standard InChI is InChI=1S/C22H31N5O3S.HI/c1-5-24-22(25-14-13-17-7-6-8-19(15-17)21(28)23-2)26-16-18-9-11-20(12-10-18)31(29,30)27(3)4;/h6-12,15H,5,13-14,16H2,1-4H3,(H,23,28)(H2,24,25,26);1H. The normalized spacial score (nSPS) is 11.6. The number of sulfonamides is 1. The van der Waals surface area contributed by atoms with E-state index in [4.69, 9.17) is 0 Å². The van der Waals surface area contributed by atoms with Gasteiger partial charge in [0.2, 0.25) is 10.0 Å². The summed E-state index contributed by atoms with van der Waals surface area (Å²) < 4.78 is 25.5. The molecule has 1 amide bonds. The molecule has 10 heteroatoms. The molecule has 3 N–H and O–H groups in total. The molecule has 0 aliphatic carbocycles. The van der Waals surface area contributed by atoms with Crippen LogP contribution in [0, 0.1) is 0 Å². The molecule has 0 saturated carbocycles. The number of hydrogen-bond acceptors (Lipinski definition) is 4. The molecule has 0 aromatic heterocycles. The van der Waals surface area contributed by atoms with Gasteiger partial charge in [-0.25, -0.2) is 17.7 Å². The van der Waals surface area contributed by atoms with Crippen molar-refractivity contribution in [3.63, 3.8) is 0 Å². The van der Waals surface area contributed by atoms with Crippen LogP contribution in [0.5, 0.6) is 0 Å². The third-order valence-corrected chi connectivity index (χ3v) is 6.42. The van der Waals surface area contributed by atoms with E-state index < -0.39 is 10.0 Å². The van der Waals surface area contributed by atoms with Crippen molar-refractivity contribution in [2.45, 2.75) is 24.8 Å². The number of nitrogens with one attached hydrogen (secondary N) is 3. The van der Waals surface area contributed by atoms with Gasteiger partial charge in [0.15, 0.2) is 5.96 Å². The monoisotopic (exact) mass is 573 g/mol. The van der Waals surface area contributed by atoms with Gasteiger partial charge in [0.05, 0.1) is 11.4 Å². The first-order valence-corrected chi connectivity index (χ1v) is 11.6. The molecule has 0 saturated heterocycles. The van der Waals surface area contributed by atoms with Crippen LogP contribution in [0.3, 0.4) is 0 Å². The molecule has 8 nitrogen and oxygen atoms in total. The second kappa shape index (κ2) is 13.4. The Morgan fingerprint density at radius 1 is 1.03 bits per heavy atom. The first-order chi connectivity index (χ1) is 14.8. The Kier molecular flexibility index (Phi) is 11.7. The molecule has 2 rings (SSSR count). The summed E-state index contributed by atoms with van der Waals surface area (Å²) in [5.41, 5.74) is 2.61. The topological polar surface area (TPSA) is 103 Å². The Balaban J connectivity index is 0.00000512. The van der Waals surface area contributed by atoms with E-state index in [2.05, 4.69) is 20.9 Å². The number of nitrogens with zero attached hydrogens (tertiary/aromatic N) is 2. The Morgan fingerprint density at radius 2 is 1.72 bits per heavy atom. The molecule has 0 spiro atoms. The molecule has 2 aromatic rings. The van der Waals surface area contributed by atoms with Gasteiger partial charge < -0.3 is 16.0 Å². The van der Waals surface area contributed by atoms with Gasteiger partial charge in [-0.15, -0.1) is 24.0 Å². The van der Waals surface area contributed by atoms with Crippen LogP contribution in [0.2, 0.25) is 0 Å². The molecule has 0 aliphatic rings. The van der Waals surface area contributed by atoms with E-state index in [9.17, 15) is 13.2 Å². The van der Waals surface area contributed by atoms with Gasteiger partial charge in [-0.1, -0.05) is 24.3 Å². The van der Waals surface area contributed by atoms with Crippen molar-refractivity contribution < 1.29 is 13.2 Å². The quantitative estimate of drug-likeness (QED) is 0.243. The molecule has 0 bridgehead atoms. The lowest BCUT2D eigenvalue weighted by Crippen LogP contribution is -2.38. The lowest BCUT2D eigenvalue weighted by atomic mass is 10.1. The fraction of sp³-hybridized carbons (Fsp3) is 0.364. The van der Waals surface area contributed by atoms with Crippen LogP contribution in [0.25, 0.3) is 0 Å². The number of aliphatic imine (C=N–C) groups is 1. The fourth-order valence-electron chi connectivity index (χ4n) is 2.83. The van der Waals surface area contributed by atoms with Gasteiger partial charge in [-0.05, 0) is 48.7 Å². The van der Waals surface area contributed by atoms with Crippen LogP contribution in [0.4, 0.5) is 0 Å². The van der Waals surface area contributed by atoms with Crippen molar-refractivity contribution >= 4 is 45.9 Å². The first kappa shape index (κ1) is 27.9. The molecule has 0 unspecified atom stereocenters. The van der Waals surface area contributed by atoms with Gasteiger partial charge in [-0.3, -0.25) is 4.79 Å². The molecule has 0 aliphatic heterocycles. The predicted molar refractivity (Wildman–Crippen MR) is 139 cm³/mol. The van der Waals surface area contributed by atoms with E-state index in [1.807, 2.05) is 25.1 Å². The summed E-state index contributed by atoms with van der Waals surface area (Å²) in [6.07, 6.45) is 0.742. The molecule has 32 heavy (non-hydrogen) atoms. The van der Waals surface area contributed by atoms with Crippen molar-refractivity contribution in [3.05, 3.63) is 65.2 Å². The number of benzene rings is 2. The van der Waals surface area contributed by atoms with Crippen molar-refractivity contribution in [3.8, 4) is 0 Å². The molecular weight excluding hydrogens is 541 g/mol. The molecule has 0 heterocycles. The van der Waals surface area contributed by atoms with Crippen molar-refractivity contribution in [1.29, 1.82) is 0 Å². The minimum Gasteiger partial charge on any atom is -0.357 e. The molecule has 0 fully saturated rings. The SMILES string of the molecule is CCNC(=NCc1ccc(S(=O)(=O)N(C)C)cc1)NCCc1cccc(C(=O)NC)c1.I. The summed E-state index contributed by atoms with van der Waals surface area (Å²) in [5.74, 6) is 0.573. The zero-order valence-electron chi connectivity index (χ0n) is 18.9. The van der Waals surface area contributed by atoms with Gasteiger partial charge >= 0.3 is 0 Å². The fourth-order valence-corrected chi connectivity index (χ4v) is 3.73. The predicted octanol–water partition coefficient (Wildman–Crippen LogP) is 2.21. The van der Waals surface area contributed by atoms with Gasteiger partial charge in [-0.2, -0.15) is 0 Å². The summed E-state index contributed by atoms with van der Waals surface area (Å²) in [6, 6.07) is 14.3. The average Bonchev–Trinajstić information content (AvgIpc) is 2.77. The smallest absolute Gasteiger partial charge is 0.251 e. The zero-order chi connectivity index (χ0) is 22.9. The maximum atomic E-state index is 12.2. The van der Waals surface area contributed by atoms with E-state index in [-0.39, 0.29) is 34.8 Å². The third kappa shape index (κ3) is 8.06. The number of guanidine groups is 1. The van der Waals surface area contributed by atoms with Crippen LogP contribution in [0.1, 0.15) is 28.4 Å². The second-order valence-corrected chi connectivity index (χ2v) is 9.23. The summed E-state index contributed by atoms with van der Waals surface area (Å²) in [4.78, 5) is 16.6. The maximum absolute atomic E-state index is 12.2. The highest BCUT2D eigenvalue weighted by Crippen LogP contribution is 2.14. The Hall–Kier alpha value is -2.18. The highest BCUT2D eigenvalue weighted by atomic mass is 127. The number of rotatable bonds is 9. The van der Waals surface area contributed by atoms with E-state index in [1.54, 1.807) is 37.4 Å². The van der Waals surface area contributed by atoms with Crippen LogP contribution in [-0.2, 0) is 23.0 Å². The number of amides is 1. The van der Waals surface area contributed by atoms with E-state index in [0.29, 0.717) is 24.6 Å². The number of carbonyl (C=O) groups excluding carboxylic acids is 1. The van der Waals surface area contributed by atoms with Crippen molar-refractivity contribution in [2.75, 3.05) is 34.2 Å². The average molecular weight is 574 g/mol. The minimum absolute atomic E-state index is 0. The van der Waals surface area contributed by atoms with Crippen molar-refractivity contribution in [1.82, 2.24) is 20.3 Å².